The molecule has 40 heavy (non-hydrogen) atoms. The molecule has 212 valence electrons. The van der Waals surface area contributed by atoms with Crippen molar-refractivity contribution in [3.8, 4) is 0 Å². The molecule has 1 saturated heterocycles. The van der Waals surface area contributed by atoms with Gasteiger partial charge in [-0.2, -0.15) is 13.8 Å². The maximum atomic E-state index is 14.0. The van der Waals surface area contributed by atoms with Crippen LogP contribution in [0.5, 0.6) is 0 Å². The van der Waals surface area contributed by atoms with Gasteiger partial charge in [0.2, 0.25) is 0 Å². The van der Waals surface area contributed by atoms with Gasteiger partial charge < -0.3 is 15.4 Å². The lowest BCUT2D eigenvalue weighted by atomic mass is 9.75. The van der Waals surface area contributed by atoms with E-state index >= 15 is 0 Å². The van der Waals surface area contributed by atoms with E-state index in [0.717, 1.165) is 37.1 Å². The Balaban J connectivity index is 1.47. The third-order valence-electron chi connectivity index (χ3n) is 7.72. The number of amides is 1. The van der Waals surface area contributed by atoms with E-state index in [1.54, 1.807) is 24.3 Å². The summed E-state index contributed by atoms with van der Waals surface area (Å²) < 4.78 is 32.5. The fourth-order valence-corrected chi connectivity index (χ4v) is 7.57. The Labute approximate surface area is 245 Å². The van der Waals surface area contributed by atoms with Crippen LogP contribution in [0.1, 0.15) is 24.0 Å². The molecule has 1 fully saturated rings. The zero-order valence-corrected chi connectivity index (χ0v) is 24.5. The number of piperidine rings is 1. The first kappa shape index (κ1) is 28.9. The summed E-state index contributed by atoms with van der Waals surface area (Å²) in [6.07, 6.45) is 2.73. The molecule has 5 rings (SSSR count). The van der Waals surface area contributed by atoms with Crippen molar-refractivity contribution in [1.82, 2.24) is 14.7 Å². The average Bonchev–Trinajstić information content (AvgIpc) is 3.18. The molecule has 0 aromatic heterocycles. The lowest BCUT2D eigenvalue weighted by molar-refractivity contribution is -0.126. The van der Waals surface area contributed by atoms with Gasteiger partial charge in [-0.15, -0.1) is 0 Å². The van der Waals surface area contributed by atoms with Crippen molar-refractivity contribution in [3.63, 3.8) is 0 Å². The normalized spacial score (nSPS) is 20.6. The number of ether oxygens (including phenoxy) is 1. The van der Waals surface area contributed by atoms with Gasteiger partial charge in [0, 0.05) is 27.4 Å². The summed E-state index contributed by atoms with van der Waals surface area (Å²) in [6, 6.07) is 21.1. The maximum absolute atomic E-state index is 14.0. The Kier molecular flexibility index (Phi) is 8.42. The van der Waals surface area contributed by atoms with Gasteiger partial charge in [-0.05, 0) is 49.7 Å². The molecule has 1 amide bonds. The van der Waals surface area contributed by atoms with Crippen molar-refractivity contribution < 1.29 is 17.9 Å². The SMILES string of the molecule is CS(=O)(=O)[N+]1(NC(=O)C(COCc2ccccc2)Nc2cc(Cl)cc(Cl)c2)CC2(CCNCC2)c2ccccc21. The van der Waals surface area contributed by atoms with Gasteiger partial charge in [0.05, 0.1) is 24.9 Å². The van der Waals surface area contributed by atoms with E-state index in [9.17, 15) is 13.2 Å². The fraction of sp³-hybridized carbons (Fsp3) is 0.345. The highest BCUT2D eigenvalue weighted by Crippen LogP contribution is 2.50. The lowest BCUT2D eigenvalue weighted by Gasteiger charge is -2.36. The molecule has 0 saturated carbocycles. The highest BCUT2D eigenvalue weighted by molar-refractivity contribution is 7.90. The van der Waals surface area contributed by atoms with Crippen molar-refractivity contribution in [1.29, 1.82) is 0 Å². The molecule has 3 N–H and O–H groups in total. The van der Waals surface area contributed by atoms with E-state index < -0.39 is 26.0 Å². The monoisotopic (exact) mass is 603 g/mol. The molecule has 3 aromatic rings. The van der Waals surface area contributed by atoms with E-state index in [4.69, 9.17) is 27.9 Å². The first-order valence-corrected chi connectivity index (χ1v) is 15.8. The van der Waals surface area contributed by atoms with Gasteiger partial charge in [0.15, 0.2) is 5.69 Å². The second kappa shape index (κ2) is 11.7. The Bertz CT molecular complexity index is 1460. The summed E-state index contributed by atoms with van der Waals surface area (Å²) in [5.41, 5.74) is 5.58. The minimum atomic E-state index is -3.86. The van der Waals surface area contributed by atoms with Crippen LogP contribution in [0.3, 0.4) is 0 Å². The van der Waals surface area contributed by atoms with E-state index in [1.165, 1.54) is 6.26 Å². The quantitative estimate of drug-likeness (QED) is 0.309. The van der Waals surface area contributed by atoms with E-state index in [0.29, 0.717) is 21.4 Å². The van der Waals surface area contributed by atoms with Gasteiger partial charge in [-0.25, -0.2) is 0 Å². The van der Waals surface area contributed by atoms with Crippen LogP contribution in [-0.4, -0.2) is 52.9 Å². The van der Waals surface area contributed by atoms with Gasteiger partial charge in [0.1, 0.15) is 12.6 Å². The fourth-order valence-electron chi connectivity index (χ4n) is 5.79. The molecule has 3 aromatic carbocycles. The number of rotatable bonds is 9. The number of nitrogens with one attached hydrogen (secondary N) is 3. The number of fused-ring (bicyclic) bond motifs is 2. The van der Waals surface area contributed by atoms with E-state index in [-0.39, 0.29) is 25.2 Å². The summed E-state index contributed by atoms with van der Waals surface area (Å²) in [6.45, 7) is 2.04. The Hall–Kier alpha value is -2.66. The van der Waals surface area contributed by atoms with Crippen LogP contribution in [0.15, 0.2) is 72.8 Å². The predicted octanol–water partition coefficient (Wildman–Crippen LogP) is 4.62. The third kappa shape index (κ3) is 5.86. The number of hydrogen-bond donors (Lipinski definition) is 3. The van der Waals surface area contributed by atoms with Crippen LogP contribution >= 0.6 is 23.2 Å². The molecule has 8 nitrogen and oxygen atoms in total. The first-order chi connectivity index (χ1) is 19.1. The van der Waals surface area contributed by atoms with Gasteiger partial charge in [-0.1, -0.05) is 75.7 Å². The molecule has 1 spiro atoms. The zero-order chi connectivity index (χ0) is 28.4. The van der Waals surface area contributed by atoms with E-state index in [1.807, 2.05) is 48.5 Å². The molecule has 2 aliphatic heterocycles. The number of benzene rings is 3. The van der Waals surface area contributed by atoms with Crippen LogP contribution in [0.4, 0.5) is 11.4 Å². The number of anilines is 1. The second-order valence-electron chi connectivity index (χ2n) is 10.5. The lowest BCUT2D eigenvalue weighted by Crippen LogP contribution is -2.68. The highest BCUT2D eigenvalue weighted by atomic mass is 35.5. The number of quaternary nitrogens is 1. The maximum Gasteiger partial charge on any atom is 0.321 e. The van der Waals surface area contributed by atoms with Crippen molar-refractivity contribution >= 4 is 50.5 Å². The number of carbonyl (C=O) groups excluding carboxylic acids is 1. The number of carbonyl (C=O) groups is 1. The summed E-state index contributed by atoms with van der Waals surface area (Å²) in [4.78, 5) is 14.0. The summed E-state index contributed by atoms with van der Waals surface area (Å²) in [5.74, 6) is -0.518. The van der Waals surface area contributed by atoms with Crippen molar-refractivity contribution in [2.24, 2.45) is 0 Å². The van der Waals surface area contributed by atoms with Crippen LogP contribution in [0, 0.1) is 0 Å². The summed E-state index contributed by atoms with van der Waals surface area (Å²) in [5, 5.41) is 7.34. The van der Waals surface area contributed by atoms with Gasteiger partial charge in [0.25, 0.3) is 5.91 Å². The first-order valence-electron chi connectivity index (χ1n) is 13.2. The van der Waals surface area contributed by atoms with E-state index in [2.05, 4.69) is 16.1 Å². The minimum Gasteiger partial charge on any atom is -0.374 e. The molecule has 2 unspecified atom stereocenters. The molecular formula is C29H33Cl2N4O4S+. The third-order valence-corrected chi connectivity index (χ3v) is 9.71. The van der Waals surface area contributed by atoms with Crippen LogP contribution in [0.2, 0.25) is 10.0 Å². The number of nitrogens with zero attached hydrogens (tertiary/aromatic N) is 1. The molecule has 2 atom stereocenters. The largest absolute Gasteiger partial charge is 0.374 e. The highest BCUT2D eigenvalue weighted by Gasteiger charge is 2.60. The molecule has 2 aliphatic rings. The Morgan fingerprint density at radius 2 is 1.68 bits per heavy atom. The van der Waals surface area contributed by atoms with Crippen molar-refractivity contribution in [2.75, 3.05) is 37.8 Å². The number of halogens is 2. The Morgan fingerprint density at radius 1 is 1.02 bits per heavy atom. The summed E-state index contributed by atoms with van der Waals surface area (Å²) >= 11 is 12.4. The standard InChI is InChI=1S/C29H32Cl2N4O4S/c1-40(37,38)35(20-29(11-13-32-14-12-29)25-9-5-6-10-27(25)35)34-28(36)26(19-39-18-21-7-3-2-4-8-21)33-24-16-22(30)15-23(31)17-24/h2-10,15-17,26,32-33H,11-14,18-20H2,1H3/p+1. The molecule has 0 radical (unpaired) electrons. The topological polar surface area (TPSA) is 96.5 Å². The molecule has 0 bridgehead atoms. The van der Waals surface area contributed by atoms with Crippen molar-refractivity contribution in [3.05, 3.63) is 94.0 Å². The van der Waals surface area contributed by atoms with Gasteiger partial charge in [-0.3, -0.25) is 4.79 Å². The second-order valence-corrected chi connectivity index (χ2v) is 13.5. The summed E-state index contributed by atoms with van der Waals surface area (Å²) in [7, 11) is -3.86. The zero-order valence-electron chi connectivity index (χ0n) is 22.2. The van der Waals surface area contributed by atoms with Crippen molar-refractivity contribution in [2.45, 2.75) is 30.9 Å². The number of para-hydroxylation sites is 1. The smallest absolute Gasteiger partial charge is 0.321 e. The Morgan fingerprint density at radius 3 is 2.35 bits per heavy atom. The minimum absolute atomic E-state index is 0.0225. The molecule has 11 heteroatoms. The molecule has 0 aliphatic carbocycles. The van der Waals surface area contributed by atoms with Crippen LogP contribution in [-0.2, 0) is 31.6 Å². The molecular weight excluding hydrogens is 571 g/mol. The predicted molar refractivity (Wildman–Crippen MR) is 160 cm³/mol. The number of sulfonamides is 1. The average molecular weight is 605 g/mol. The number of hydrogen-bond acceptors (Lipinski definition) is 6. The molecule has 2 heterocycles. The van der Waals surface area contributed by atoms with Crippen LogP contribution < -0.4 is 20.1 Å². The van der Waals surface area contributed by atoms with Crippen LogP contribution in [0.25, 0.3) is 0 Å². The van der Waals surface area contributed by atoms with Gasteiger partial charge >= 0.3 is 10.0 Å².